The van der Waals surface area contributed by atoms with Crippen LogP contribution in [0.2, 0.25) is 0 Å². The normalized spacial score (nSPS) is 18.3. The molecule has 3 rings (SSSR count). The largest absolute Gasteiger partial charge is 0.507 e. The second-order valence-electron chi connectivity index (χ2n) is 7.49. The maximum Gasteiger partial charge on any atom is 0.295 e. The minimum atomic E-state index is -0.716. The van der Waals surface area contributed by atoms with Crippen LogP contribution in [-0.4, -0.2) is 70.9 Å². The molecule has 1 aliphatic heterocycles. The number of carbonyl (C=O) groups excluding carboxylic acids is 2. The van der Waals surface area contributed by atoms with Gasteiger partial charge in [0, 0.05) is 19.3 Å². The lowest BCUT2D eigenvalue weighted by Gasteiger charge is -2.26. The summed E-state index contributed by atoms with van der Waals surface area (Å²) >= 11 is 0. The zero-order valence-electron chi connectivity index (χ0n) is 17.8. The van der Waals surface area contributed by atoms with Crippen LogP contribution in [0, 0.1) is 13.8 Å². The number of ketones is 1. The highest BCUT2D eigenvalue weighted by Gasteiger charge is 2.46. The van der Waals surface area contributed by atoms with Crippen LogP contribution in [0.1, 0.15) is 28.7 Å². The number of hydrogen-bond acceptors (Lipinski definition) is 7. The average Bonchev–Trinajstić information content (AvgIpc) is 2.96. The fourth-order valence-corrected chi connectivity index (χ4v) is 3.51. The van der Waals surface area contributed by atoms with Crippen LogP contribution < -0.4 is 4.74 Å². The van der Waals surface area contributed by atoms with Gasteiger partial charge in [0.25, 0.3) is 11.7 Å². The van der Waals surface area contributed by atoms with Crippen LogP contribution in [-0.2, 0) is 9.59 Å². The molecule has 2 heterocycles. The number of ether oxygens (including phenoxy) is 1. The topological polar surface area (TPSA) is 95.9 Å². The molecule has 0 radical (unpaired) electrons. The van der Waals surface area contributed by atoms with Crippen molar-refractivity contribution in [2.45, 2.75) is 19.9 Å². The van der Waals surface area contributed by atoms with Crippen LogP contribution in [0.4, 0.5) is 0 Å². The first-order valence-corrected chi connectivity index (χ1v) is 9.62. The Balaban J connectivity index is 2.16. The Kier molecular flexibility index (Phi) is 6.17. The van der Waals surface area contributed by atoms with E-state index < -0.39 is 17.7 Å². The molecule has 2 aromatic rings. The lowest BCUT2D eigenvalue weighted by molar-refractivity contribution is -0.140. The van der Waals surface area contributed by atoms with Crippen molar-refractivity contribution in [3.8, 4) is 5.75 Å². The molecule has 1 fully saturated rings. The van der Waals surface area contributed by atoms with E-state index in [9.17, 15) is 14.7 Å². The highest BCUT2D eigenvalue weighted by Crippen LogP contribution is 2.39. The number of rotatable bonds is 6. The Bertz CT molecular complexity index is 999. The van der Waals surface area contributed by atoms with E-state index in [0.717, 1.165) is 0 Å². The number of benzene rings is 1. The summed E-state index contributed by atoms with van der Waals surface area (Å²) < 4.78 is 5.22. The Labute approximate surface area is 175 Å². The van der Waals surface area contributed by atoms with E-state index >= 15 is 0 Å². The number of methoxy groups -OCH3 is 1. The Hall–Kier alpha value is -3.26. The van der Waals surface area contributed by atoms with Crippen LogP contribution in [0.5, 0.6) is 5.75 Å². The van der Waals surface area contributed by atoms with Gasteiger partial charge in [-0.3, -0.25) is 9.59 Å². The molecule has 1 aromatic carbocycles. The van der Waals surface area contributed by atoms with Gasteiger partial charge in [0.05, 0.1) is 30.0 Å². The summed E-state index contributed by atoms with van der Waals surface area (Å²) in [5.41, 5.74) is 1.62. The third kappa shape index (κ3) is 4.04. The van der Waals surface area contributed by atoms with Gasteiger partial charge in [-0.25, -0.2) is 9.97 Å². The summed E-state index contributed by atoms with van der Waals surface area (Å²) in [5, 5.41) is 11.1. The van der Waals surface area contributed by atoms with Gasteiger partial charge in [-0.2, -0.15) is 0 Å². The summed E-state index contributed by atoms with van der Waals surface area (Å²) in [5.74, 6) is -0.398. The van der Waals surface area contributed by atoms with Crippen molar-refractivity contribution in [3.05, 3.63) is 58.7 Å². The molecule has 1 amide bonds. The first kappa shape index (κ1) is 21.4. The highest BCUT2D eigenvalue weighted by atomic mass is 16.5. The number of amides is 1. The van der Waals surface area contributed by atoms with Gasteiger partial charge in [0.2, 0.25) is 0 Å². The molecular weight excluding hydrogens is 384 g/mol. The number of nitrogens with zero attached hydrogens (tertiary/aromatic N) is 4. The van der Waals surface area contributed by atoms with Crippen LogP contribution in [0.25, 0.3) is 5.76 Å². The standard InChI is InChI=1S/C22H26N4O4/c1-13-17(12-23-14(2)24-13)20(27)18-19(15-6-8-16(30-5)9-7-15)26(11-10-25(3)4)22(29)21(18)28/h6-9,12,19,27H,10-11H2,1-5H3/b20-18+/t19-/m0/s1. The second-order valence-corrected chi connectivity index (χ2v) is 7.49. The molecule has 8 nitrogen and oxygen atoms in total. The van der Waals surface area contributed by atoms with Crippen LogP contribution >= 0.6 is 0 Å². The summed E-state index contributed by atoms with van der Waals surface area (Å²) in [6.07, 6.45) is 1.48. The molecular formula is C22H26N4O4. The zero-order valence-corrected chi connectivity index (χ0v) is 17.8. The molecule has 1 saturated heterocycles. The third-order valence-electron chi connectivity index (χ3n) is 5.11. The molecule has 1 N–H and O–H groups in total. The van der Waals surface area contributed by atoms with Crippen LogP contribution in [0.15, 0.2) is 36.0 Å². The lowest BCUT2D eigenvalue weighted by atomic mass is 9.95. The smallest absolute Gasteiger partial charge is 0.295 e. The maximum absolute atomic E-state index is 13.0. The summed E-state index contributed by atoms with van der Waals surface area (Å²) in [7, 11) is 5.36. The zero-order chi connectivity index (χ0) is 22.0. The summed E-state index contributed by atoms with van der Waals surface area (Å²) in [4.78, 5) is 37.7. The number of aliphatic hydroxyl groups excluding tert-OH is 1. The van der Waals surface area contributed by atoms with E-state index in [2.05, 4.69) is 9.97 Å². The average molecular weight is 410 g/mol. The molecule has 0 bridgehead atoms. The monoisotopic (exact) mass is 410 g/mol. The van der Waals surface area contributed by atoms with E-state index in [-0.39, 0.29) is 11.3 Å². The number of aliphatic hydroxyl groups is 1. The minimum absolute atomic E-state index is 0.0412. The SMILES string of the molecule is COc1ccc([C@H]2/C(=C(\O)c3cnc(C)nc3C)C(=O)C(=O)N2CCN(C)C)cc1. The van der Waals surface area contributed by atoms with Crippen molar-refractivity contribution in [3.63, 3.8) is 0 Å². The predicted octanol–water partition coefficient (Wildman–Crippen LogP) is 2.09. The van der Waals surface area contributed by atoms with E-state index in [1.807, 2.05) is 19.0 Å². The van der Waals surface area contributed by atoms with Crippen molar-refractivity contribution >= 4 is 17.4 Å². The fourth-order valence-electron chi connectivity index (χ4n) is 3.51. The number of hydrogen-bond donors (Lipinski definition) is 1. The molecule has 1 aromatic heterocycles. The highest BCUT2D eigenvalue weighted by molar-refractivity contribution is 6.46. The number of carbonyl (C=O) groups is 2. The van der Waals surface area contributed by atoms with Crippen molar-refractivity contribution in [1.82, 2.24) is 19.8 Å². The van der Waals surface area contributed by atoms with Crippen molar-refractivity contribution in [2.24, 2.45) is 0 Å². The van der Waals surface area contributed by atoms with Crippen LogP contribution in [0.3, 0.4) is 0 Å². The number of aromatic nitrogens is 2. The lowest BCUT2D eigenvalue weighted by Crippen LogP contribution is -2.35. The van der Waals surface area contributed by atoms with Gasteiger partial charge in [-0.05, 0) is 45.6 Å². The van der Waals surface area contributed by atoms with Crippen molar-refractivity contribution in [1.29, 1.82) is 0 Å². The quantitative estimate of drug-likeness (QED) is 0.442. The van der Waals surface area contributed by atoms with E-state index in [1.54, 1.807) is 45.2 Å². The molecule has 30 heavy (non-hydrogen) atoms. The molecule has 158 valence electrons. The van der Waals surface area contributed by atoms with Gasteiger partial charge in [-0.15, -0.1) is 0 Å². The van der Waals surface area contributed by atoms with Crippen molar-refractivity contribution in [2.75, 3.05) is 34.3 Å². The van der Waals surface area contributed by atoms with Gasteiger partial charge < -0.3 is 19.6 Å². The molecule has 0 aliphatic carbocycles. The Morgan fingerprint density at radius 1 is 1.20 bits per heavy atom. The van der Waals surface area contributed by atoms with Crippen molar-refractivity contribution < 1.29 is 19.4 Å². The first-order chi connectivity index (χ1) is 14.2. The molecule has 0 saturated carbocycles. The van der Waals surface area contributed by atoms with Gasteiger partial charge in [0.1, 0.15) is 17.3 Å². The number of aryl methyl sites for hydroxylation is 2. The van der Waals surface area contributed by atoms with E-state index in [0.29, 0.717) is 41.5 Å². The number of likely N-dealkylation sites (N-methyl/N-ethyl adjacent to an activating group) is 1. The molecule has 8 heteroatoms. The van der Waals surface area contributed by atoms with Gasteiger partial charge >= 0.3 is 0 Å². The van der Waals surface area contributed by atoms with E-state index in [1.165, 1.54) is 11.1 Å². The fraction of sp³-hybridized carbons (Fsp3) is 0.364. The molecule has 0 unspecified atom stereocenters. The molecule has 1 aliphatic rings. The third-order valence-corrected chi connectivity index (χ3v) is 5.11. The van der Waals surface area contributed by atoms with E-state index in [4.69, 9.17) is 4.74 Å². The second kappa shape index (κ2) is 8.62. The Morgan fingerprint density at radius 3 is 2.43 bits per heavy atom. The maximum atomic E-state index is 13.0. The summed E-state index contributed by atoms with van der Waals surface area (Å²) in [6.45, 7) is 4.39. The predicted molar refractivity (Wildman–Crippen MR) is 112 cm³/mol. The first-order valence-electron chi connectivity index (χ1n) is 9.62. The minimum Gasteiger partial charge on any atom is -0.507 e. The number of likely N-dealkylation sites (tertiary alicyclic amines) is 1. The molecule has 0 spiro atoms. The van der Waals surface area contributed by atoms with Gasteiger partial charge in [-0.1, -0.05) is 12.1 Å². The Morgan fingerprint density at radius 2 is 1.87 bits per heavy atom. The molecule has 1 atom stereocenters. The number of Topliss-reactive ketones (excluding diaryl/α,β-unsaturated/α-hetero) is 1. The summed E-state index contributed by atoms with van der Waals surface area (Å²) in [6, 6.07) is 6.41. The van der Waals surface area contributed by atoms with Gasteiger partial charge in [0.15, 0.2) is 0 Å².